The van der Waals surface area contributed by atoms with Crippen molar-refractivity contribution in [3.63, 3.8) is 0 Å². The lowest BCUT2D eigenvalue weighted by Gasteiger charge is -2.40. The molecule has 102 valence electrons. The maximum absolute atomic E-state index is 9.46. The van der Waals surface area contributed by atoms with E-state index >= 15 is 0 Å². The highest BCUT2D eigenvalue weighted by atomic mass is 16.3. The van der Waals surface area contributed by atoms with Gasteiger partial charge in [-0.1, -0.05) is 51.1 Å². The smallest absolute Gasteiger partial charge is 0.0440 e. The fraction of sp³-hybridized carbons (Fsp3) is 0.625. The minimum Gasteiger partial charge on any atom is -0.396 e. The Balaban J connectivity index is 3.19. The predicted molar refractivity (Wildman–Crippen MR) is 77.5 cm³/mol. The fourth-order valence-electron chi connectivity index (χ4n) is 3.00. The first-order chi connectivity index (χ1) is 8.56. The fourth-order valence-corrected chi connectivity index (χ4v) is 3.00. The maximum Gasteiger partial charge on any atom is 0.0440 e. The number of nitrogens with two attached hydrogens (primary N) is 1. The Morgan fingerprint density at radius 2 is 1.83 bits per heavy atom. The Kier molecular flexibility index (Phi) is 5.83. The van der Waals surface area contributed by atoms with Gasteiger partial charge >= 0.3 is 0 Å². The van der Waals surface area contributed by atoms with E-state index in [-0.39, 0.29) is 18.1 Å². The van der Waals surface area contributed by atoms with Crippen LogP contribution in [0.1, 0.15) is 45.6 Å². The average Bonchev–Trinajstić information content (AvgIpc) is 2.37. The molecule has 0 aliphatic rings. The van der Waals surface area contributed by atoms with E-state index in [0.717, 1.165) is 19.3 Å². The third kappa shape index (κ3) is 3.33. The van der Waals surface area contributed by atoms with Crippen molar-refractivity contribution >= 4 is 0 Å². The normalized spacial score (nSPS) is 16.6. The topological polar surface area (TPSA) is 46.2 Å². The molecule has 0 spiro atoms. The van der Waals surface area contributed by atoms with Crippen molar-refractivity contribution in [3.8, 4) is 0 Å². The van der Waals surface area contributed by atoms with Crippen molar-refractivity contribution in [1.82, 2.24) is 0 Å². The van der Waals surface area contributed by atoms with Gasteiger partial charge in [-0.3, -0.25) is 0 Å². The molecular formula is C16H27NO. The quantitative estimate of drug-likeness (QED) is 0.780. The molecule has 0 fully saturated rings. The molecule has 1 aromatic rings. The zero-order valence-corrected chi connectivity index (χ0v) is 11.9. The molecule has 0 saturated carbocycles. The number of benzene rings is 1. The van der Waals surface area contributed by atoms with E-state index in [1.807, 2.05) is 6.07 Å². The van der Waals surface area contributed by atoms with Crippen LogP contribution in [0.15, 0.2) is 30.3 Å². The van der Waals surface area contributed by atoms with Gasteiger partial charge in [-0.25, -0.2) is 0 Å². The van der Waals surface area contributed by atoms with Crippen molar-refractivity contribution in [2.75, 3.05) is 6.61 Å². The van der Waals surface area contributed by atoms with E-state index in [2.05, 4.69) is 45.0 Å². The van der Waals surface area contributed by atoms with Crippen LogP contribution in [-0.2, 0) is 5.41 Å². The molecule has 2 atom stereocenters. The maximum atomic E-state index is 9.46. The highest BCUT2D eigenvalue weighted by molar-refractivity contribution is 5.28. The minimum absolute atomic E-state index is 0.0921. The van der Waals surface area contributed by atoms with Crippen LogP contribution in [0.25, 0.3) is 0 Å². The van der Waals surface area contributed by atoms with Crippen molar-refractivity contribution in [2.24, 2.45) is 11.7 Å². The summed E-state index contributed by atoms with van der Waals surface area (Å²) in [6.45, 7) is 6.75. The number of rotatable bonds is 7. The van der Waals surface area contributed by atoms with Gasteiger partial charge in [-0.05, 0) is 30.7 Å². The third-order valence-corrected chi connectivity index (χ3v) is 3.83. The van der Waals surface area contributed by atoms with Crippen LogP contribution in [0.3, 0.4) is 0 Å². The summed E-state index contributed by atoms with van der Waals surface area (Å²) >= 11 is 0. The number of hydrogen-bond acceptors (Lipinski definition) is 2. The van der Waals surface area contributed by atoms with E-state index in [1.165, 1.54) is 5.56 Å². The van der Waals surface area contributed by atoms with E-state index < -0.39 is 0 Å². The standard InChI is InChI=1S/C16H27NO/c1-4-15(17)16(10-11-18,12-13(2)3)14-8-6-5-7-9-14/h5-9,13,15,18H,4,10-12,17H2,1-3H3. The third-order valence-electron chi connectivity index (χ3n) is 3.83. The van der Waals surface area contributed by atoms with Crippen LogP contribution in [0.2, 0.25) is 0 Å². The van der Waals surface area contributed by atoms with Crippen LogP contribution in [-0.4, -0.2) is 17.8 Å². The Morgan fingerprint density at radius 1 is 1.22 bits per heavy atom. The summed E-state index contributed by atoms with van der Waals surface area (Å²) in [7, 11) is 0. The van der Waals surface area contributed by atoms with Gasteiger partial charge in [0, 0.05) is 18.1 Å². The monoisotopic (exact) mass is 249 g/mol. The molecule has 0 amide bonds. The summed E-state index contributed by atoms with van der Waals surface area (Å²) in [6, 6.07) is 10.5. The summed E-state index contributed by atoms with van der Waals surface area (Å²) in [5.74, 6) is 0.564. The SMILES string of the molecule is CCC(N)C(CCO)(CC(C)C)c1ccccc1. The molecule has 1 aromatic carbocycles. The van der Waals surface area contributed by atoms with E-state index in [0.29, 0.717) is 5.92 Å². The second-order valence-electron chi connectivity index (χ2n) is 5.61. The van der Waals surface area contributed by atoms with Gasteiger partial charge in [0.1, 0.15) is 0 Å². The van der Waals surface area contributed by atoms with Crippen molar-refractivity contribution in [1.29, 1.82) is 0 Å². The average molecular weight is 249 g/mol. The molecular weight excluding hydrogens is 222 g/mol. The lowest BCUT2D eigenvalue weighted by Crippen LogP contribution is -2.46. The minimum atomic E-state index is -0.0983. The Hall–Kier alpha value is -0.860. The number of aliphatic hydroxyl groups is 1. The molecule has 0 aliphatic heterocycles. The first-order valence-electron chi connectivity index (χ1n) is 6.98. The van der Waals surface area contributed by atoms with Crippen molar-refractivity contribution in [3.05, 3.63) is 35.9 Å². The highest BCUT2D eigenvalue weighted by Gasteiger charge is 2.37. The molecule has 18 heavy (non-hydrogen) atoms. The molecule has 0 saturated heterocycles. The molecule has 0 bridgehead atoms. The molecule has 2 unspecified atom stereocenters. The zero-order valence-electron chi connectivity index (χ0n) is 11.9. The molecule has 2 nitrogen and oxygen atoms in total. The van der Waals surface area contributed by atoms with Gasteiger partial charge in [-0.15, -0.1) is 0 Å². The zero-order chi connectivity index (χ0) is 13.6. The molecule has 2 heteroatoms. The molecule has 0 radical (unpaired) electrons. The summed E-state index contributed by atoms with van der Waals surface area (Å²) in [6.07, 6.45) is 2.69. The lowest BCUT2D eigenvalue weighted by atomic mass is 9.66. The van der Waals surface area contributed by atoms with Gasteiger partial charge in [-0.2, -0.15) is 0 Å². The van der Waals surface area contributed by atoms with Gasteiger partial charge in [0.05, 0.1) is 0 Å². The van der Waals surface area contributed by atoms with E-state index in [9.17, 15) is 5.11 Å². The molecule has 0 heterocycles. The summed E-state index contributed by atoms with van der Waals surface area (Å²) in [4.78, 5) is 0. The van der Waals surface area contributed by atoms with Crippen LogP contribution in [0.4, 0.5) is 0 Å². The molecule has 1 rings (SSSR count). The van der Waals surface area contributed by atoms with Gasteiger partial charge in [0.15, 0.2) is 0 Å². The largest absolute Gasteiger partial charge is 0.396 e. The Morgan fingerprint density at radius 3 is 2.28 bits per heavy atom. The number of aliphatic hydroxyl groups excluding tert-OH is 1. The van der Waals surface area contributed by atoms with Crippen molar-refractivity contribution < 1.29 is 5.11 Å². The Labute approximate surface area is 111 Å². The molecule has 0 aliphatic carbocycles. The highest BCUT2D eigenvalue weighted by Crippen LogP contribution is 2.38. The Bertz CT molecular complexity index is 336. The van der Waals surface area contributed by atoms with Crippen LogP contribution in [0, 0.1) is 5.92 Å². The molecule has 0 aromatic heterocycles. The van der Waals surface area contributed by atoms with Crippen LogP contribution in [0.5, 0.6) is 0 Å². The summed E-state index contributed by atoms with van der Waals surface area (Å²) < 4.78 is 0. The predicted octanol–water partition coefficient (Wildman–Crippen LogP) is 3.09. The van der Waals surface area contributed by atoms with E-state index in [1.54, 1.807) is 0 Å². The van der Waals surface area contributed by atoms with Crippen LogP contribution >= 0.6 is 0 Å². The van der Waals surface area contributed by atoms with Gasteiger partial charge in [0.25, 0.3) is 0 Å². The lowest BCUT2D eigenvalue weighted by molar-refractivity contribution is 0.188. The second-order valence-corrected chi connectivity index (χ2v) is 5.61. The van der Waals surface area contributed by atoms with Crippen LogP contribution < -0.4 is 5.73 Å². The summed E-state index contributed by atoms with van der Waals surface area (Å²) in [5, 5.41) is 9.46. The van der Waals surface area contributed by atoms with E-state index in [4.69, 9.17) is 5.73 Å². The first kappa shape index (κ1) is 15.2. The second kappa shape index (κ2) is 6.91. The number of hydrogen-bond donors (Lipinski definition) is 2. The van der Waals surface area contributed by atoms with Gasteiger partial charge < -0.3 is 10.8 Å². The first-order valence-corrected chi connectivity index (χ1v) is 6.98. The summed E-state index contributed by atoms with van der Waals surface area (Å²) in [5.41, 5.74) is 7.58. The van der Waals surface area contributed by atoms with Crippen molar-refractivity contribution in [2.45, 2.75) is 51.5 Å². The molecule has 3 N–H and O–H groups in total. The van der Waals surface area contributed by atoms with Gasteiger partial charge in [0.2, 0.25) is 0 Å².